The van der Waals surface area contributed by atoms with Gasteiger partial charge in [0.05, 0.1) is 17.5 Å². The highest BCUT2D eigenvalue weighted by Crippen LogP contribution is 2.17. The van der Waals surface area contributed by atoms with Crippen molar-refractivity contribution < 1.29 is 4.79 Å². The van der Waals surface area contributed by atoms with Crippen molar-refractivity contribution in [2.75, 3.05) is 24.7 Å². The maximum Gasteiger partial charge on any atom is 0.233 e. The van der Waals surface area contributed by atoms with E-state index in [2.05, 4.69) is 20.3 Å². The molecule has 0 aromatic carbocycles. The molecule has 1 atom stereocenters. The number of nitrogen functional groups attached to an aromatic ring is 1. The molecule has 2 rings (SSSR count). The SMILES string of the molecule is CC(SCc1nc(N)nc(N(C)C)n1)C(=O)NCc1cccs1. The molecule has 1 unspecified atom stereocenters. The lowest BCUT2D eigenvalue weighted by Gasteiger charge is -2.13. The van der Waals surface area contributed by atoms with Crippen LogP contribution in [0.4, 0.5) is 11.9 Å². The summed E-state index contributed by atoms with van der Waals surface area (Å²) in [6, 6.07) is 3.97. The van der Waals surface area contributed by atoms with E-state index in [1.54, 1.807) is 16.2 Å². The van der Waals surface area contributed by atoms with Crippen LogP contribution in [-0.4, -0.2) is 40.2 Å². The first-order valence-corrected chi connectivity index (χ1v) is 8.98. The molecule has 0 aliphatic carbocycles. The number of amides is 1. The van der Waals surface area contributed by atoms with Crippen LogP contribution >= 0.6 is 23.1 Å². The monoisotopic (exact) mass is 352 g/mol. The largest absolute Gasteiger partial charge is 0.368 e. The standard InChI is InChI=1S/C14H20N6OS2/c1-9(12(21)16-7-10-5-4-6-22-10)23-8-11-17-13(15)19-14(18-11)20(2)3/h4-6,9H,7-8H2,1-3H3,(H,16,21)(H2,15,17,18,19). The molecule has 0 radical (unpaired) electrons. The van der Waals surface area contributed by atoms with Gasteiger partial charge >= 0.3 is 0 Å². The maximum atomic E-state index is 12.1. The van der Waals surface area contributed by atoms with Gasteiger partial charge in [-0.05, 0) is 18.4 Å². The Kier molecular flexibility index (Phi) is 6.17. The number of thioether (sulfide) groups is 1. The molecule has 23 heavy (non-hydrogen) atoms. The van der Waals surface area contributed by atoms with E-state index >= 15 is 0 Å². The zero-order valence-corrected chi connectivity index (χ0v) is 14.9. The Labute approximate surface area is 143 Å². The summed E-state index contributed by atoms with van der Waals surface area (Å²) in [7, 11) is 3.68. The smallest absolute Gasteiger partial charge is 0.233 e. The zero-order valence-electron chi connectivity index (χ0n) is 13.3. The van der Waals surface area contributed by atoms with Crippen molar-refractivity contribution in [3.8, 4) is 0 Å². The van der Waals surface area contributed by atoms with Gasteiger partial charge in [-0.2, -0.15) is 15.0 Å². The minimum Gasteiger partial charge on any atom is -0.368 e. The van der Waals surface area contributed by atoms with E-state index in [1.165, 1.54) is 11.8 Å². The third kappa shape index (κ3) is 5.36. The quantitative estimate of drug-likeness (QED) is 0.779. The van der Waals surface area contributed by atoms with E-state index in [0.717, 1.165) is 4.88 Å². The van der Waals surface area contributed by atoms with Gasteiger partial charge in [-0.1, -0.05) is 6.07 Å². The molecular weight excluding hydrogens is 332 g/mol. The first-order chi connectivity index (χ1) is 11.0. The number of carbonyl (C=O) groups is 1. The number of anilines is 2. The number of nitrogens with two attached hydrogens (primary N) is 1. The van der Waals surface area contributed by atoms with Gasteiger partial charge in [-0.15, -0.1) is 23.1 Å². The van der Waals surface area contributed by atoms with E-state index in [4.69, 9.17) is 5.73 Å². The predicted octanol–water partition coefficient (Wildman–Crippen LogP) is 1.52. The van der Waals surface area contributed by atoms with Crippen LogP contribution in [0.15, 0.2) is 17.5 Å². The molecular formula is C14H20N6OS2. The summed E-state index contributed by atoms with van der Waals surface area (Å²) in [6.07, 6.45) is 0. The van der Waals surface area contributed by atoms with Crippen molar-refractivity contribution in [2.45, 2.75) is 24.5 Å². The lowest BCUT2D eigenvalue weighted by Crippen LogP contribution is -2.30. The van der Waals surface area contributed by atoms with Crippen LogP contribution in [0.1, 0.15) is 17.6 Å². The summed E-state index contributed by atoms with van der Waals surface area (Å²) in [4.78, 5) is 27.5. The minimum atomic E-state index is -0.198. The number of hydrogen-bond acceptors (Lipinski definition) is 8. The van der Waals surface area contributed by atoms with E-state index in [0.29, 0.717) is 24.1 Å². The summed E-state index contributed by atoms with van der Waals surface area (Å²) < 4.78 is 0. The Balaban J connectivity index is 1.85. The summed E-state index contributed by atoms with van der Waals surface area (Å²) in [5.74, 6) is 1.78. The van der Waals surface area contributed by atoms with Crippen molar-refractivity contribution in [3.63, 3.8) is 0 Å². The van der Waals surface area contributed by atoms with Crippen molar-refractivity contribution in [3.05, 3.63) is 28.2 Å². The van der Waals surface area contributed by atoms with Crippen LogP contribution in [0.25, 0.3) is 0 Å². The van der Waals surface area contributed by atoms with E-state index < -0.39 is 0 Å². The van der Waals surface area contributed by atoms with E-state index in [-0.39, 0.29) is 17.1 Å². The van der Waals surface area contributed by atoms with Crippen LogP contribution in [0.2, 0.25) is 0 Å². The summed E-state index contributed by atoms with van der Waals surface area (Å²) in [5, 5.41) is 4.72. The van der Waals surface area contributed by atoms with Gasteiger partial charge in [-0.3, -0.25) is 4.79 Å². The fourth-order valence-electron chi connectivity index (χ4n) is 1.70. The second-order valence-electron chi connectivity index (χ2n) is 5.05. The maximum absolute atomic E-state index is 12.1. The van der Waals surface area contributed by atoms with Crippen molar-refractivity contribution >= 4 is 40.9 Å². The van der Waals surface area contributed by atoms with Gasteiger partial charge in [-0.25, -0.2) is 0 Å². The molecule has 0 aliphatic rings. The van der Waals surface area contributed by atoms with Gasteiger partial charge < -0.3 is 16.0 Å². The highest BCUT2D eigenvalue weighted by atomic mass is 32.2. The van der Waals surface area contributed by atoms with Crippen molar-refractivity contribution in [2.24, 2.45) is 0 Å². The average molecular weight is 352 g/mol. The van der Waals surface area contributed by atoms with Crippen molar-refractivity contribution in [1.82, 2.24) is 20.3 Å². The number of thiophene rings is 1. The number of carbonyl (C=O) groups excluding carboxylic acids is 1. The minimum absolute atomic E-state index is 0.00161. The molecule has 0 saturated heterocycles. The van der Waals surface area contributed by atoms with Crippen LogP contribution in [0.5, 0.6) is 0 Å². The molecule has 3 N–H and O–H groups in total. The molecule has 2 heterocycles. The third-order valence-corrected chi connectivity index (χ3v) is 4.95. The Morgan fingerprint density at radius 2 is 2.22 bits per heavy atom. The second-order valence-corrected chi connectivity index (χ2v) is 7.42. The molecule has 0 aliphatic heterocycles. The van der Waals surface area contributed by atoms with Crippen LogP contribution in [-0.2, 0) is 17.1 Å². The molecule has 7 nitrogen and oxygen atoms in total. The Bertz CT molecular complexity index is 647. The molecule has 124 valence electrons. The van der Waals surface area contributed by atoms with Crippen molar-refractivity contribution in [1.29, 1.82) is 0 Å². The van der Waals surface area contributed by atoms with Crippen LogP contribution in [0, 0.1) is 0 Å². The Morgan fingerprint density at radius 1 is 1.43 bits per heavy atom. The third-order valence-electron chi connectivity index (χ3n) is 2.94. The summed E-state index contributed by atoms with van der Waals surface area (Å²) in [5.41, 5.74) is 5.69. The normalized spacial score (nSPS) is 12.0. The Morgan fingerprint density at radius 3 is 2.87 bits per heavy atom. The van der Waals surface area contributed by atoms with Crippen LogP contribution in [0.3, 0.4) is 0 Å². The molecule has 0 fully saturated rings. The fraction of sp³-hybridized carbons (Fsp3) is 0.429. The molecule has 2 aromatic heterocycles. The van der Waals surface area contributed by atoms with E-state index in [9.17, 15) is 4.79 Å². The lowest BCUT2D eigenvalue weighted by molar-refractivity contribution is -0.120. The predicted molar refractivity (Wildman–Crippen MR) is 95.5 cm³/mol. The molecule has 9 heteroatoms. The number of nitrogens with zero attached hydrogens (tertiary/aromatic N) is 4. The second kappa shape index (κ2) is 8.11. The number of aromatic nitrogens is 3. The highest BCUT2D eigenvalue weighted by molar-refractivity contribution is 7.99. The van der Waals surface area contributed by atoms with Gasteiger partial charge in [0, 0.05) is 19.0 Å². The molecule has 2 aromatic rings. The number of nitrogens with one attached hydrogen (secondary N) is 1. The summed E-state index contributed by atoms with van der Waals surface area (Å²) >= 11 is 3.09. The van der Waals surface area contributed by atoms with Gasteiger partial charge in [0.2, 0.25) is 17.8 Å². The number of rotatable bonds is 7. The molecule has 0 bridgehead atoms. The molecule has 0 saturated carbocycles. The zero-order chi connectivity index (χ0) is 16.8. The Hall–Kier alpha value is -1.87. The van der Waals surface area contributed by atoms with Gasteiger partial charge in [0.1, 0.15) is 5.82 Å². The molecule has 1 amide bonds. The average Bonchev–Trinajstić information content (AvgIpc) is 3.03. The lowest BCUT2D eigenvalue weighted by atomic mass is 10.4. The first-order valence-electron chi connectivity index (χ1n) is 7.05. The summed E-state index contributed by atoms with van der Waals surface area (Å²) in [6.45, 7) is 2.43. The fourth-order valence-corrected chi connectivity index (χ4v) is 3.10. The van der Waals surface area contributed by atoms with E-state index in [1.807, 2.05) is 38.5 Å². The highest BCUT2D eigenvalue weighted by Gasteiger charge is 2.15. The van der Waals surface area contributed by atoms with Gasteiger partial charge in [0.15, 0.2) is 0 Å². The van der Waals surface area contributed by atoms with Crippen LogP contribution < -0.4 is 16.0 Å². The van der Waals surface area contributed by atoms with Gasteiger partial charge in [0.25, 0.3) is 0 Å². The molecule has 0 spiro atoms. The number of hydrogen-bond donors (Lipinski definition) is 2. The topological polar surface area (TPSA) is 97.0 Å². The first kappa shape index (κ1) is 17.5.